The maximum Gasteiger partial charge on any atom is 0.185 e. The summed E-state index contributed by atoms with van der Waals surface area (Å²) in [5.74, 6) is 0. The summed E-state index contributed by atoms with van der Waals surface area (Å²) in [6.07, 6.45) is 0. The maximum atomic E-state index is 5.24. The Morgan fingerprint density at radius 1 is 1.67 bits per heavy atom. The van der Waals surface area contributed by atoms with Crippen molar-refractivity contribution in [2.75, 3.05) is 26.3 Å². The topological polar surface area (TPSA) is 12.5 Å². The summed E-state index contributed by atoms with van der Waals surface area (Å²) in [4.78, 5) is 2.22. The molecule has 1 saturated heterocycles. The lowest BCUT2D eigenvalue weighted by Gasteiger charge is -2.11. The number of ether oxygens (including phenoxy) is 1. The van der Waals surface area contributed by atoms with Crippen LogP contribution in [0.4, 0.5) is 0 Å². The van der Waals surface area contributed by atoms with Gasteiger partial charge in [-0.2, -0.15) is 0 Å². The van der Waals surface area contributed by atoms with E-state index in [1.165, 1.54) is 5.57 Å². The van der Waals surface area contributed by atoms with Crippen molar-refractivity contribution in [3.63, 3.8) is 0 Å². The molecule has 0 aromatic carbocycles. The second kappa shape index (κ2) is 3.04. The van der Waals surface area contributed by atoms with Gasteiger partial charge in [-0.3, -0.25) is 0 Å². The molecule has 0 aromatic heterocycles. The predicted octanol–water partition coefficient (Wildman–Crippen LogP) is -0.577. The molecule has 50 valence electrons. The fourth-order valence-electron chi connectivity index (χ4n) is 0.943. The van der Waals surface area contributed by atoms with Gasteiger partial charge < -0.3 is 9.55 Å². The van der Waals surface area contributed by atoms with Crippen LogP contribution < -0.4 is 0 Å². The largest absolute Gasteiger partial charge is 0.376 e. The van der Waals surface area contributed by atoms with Crippen LogP contribution in [0, 0.1) is 0 Å². The van der Waals surface area contributed by atoms with E-state index in [1.54, 1.807) is 0 Å². The van der Waals surface area contributed by atoms with Crippen LogP contribution in [0.2, 0.25) is 0 Å². The maximum absolute atomic E-state index is 5.24. The summed E-state index contributed by atoms with van der Waals surface area (Å²) >= 11 is 0. The van der Waals surface area contributed by atoms with Gasteiger partial charge in [0.1, 0.15) is 0 Å². The molecule has 0 amide bonds. The van der Waals surface area contributed by atoms with Crippen molar-refractivity contribution in [1.82, 2.24) is 4.81 Å². The molecular formula is C6H12BNO. The van der Waals surface area contributed by atoms with Crippen LogP contribution in [0.3, 0.4) is 0 Å². The monoisotopic (exact) mass is 125 g/mol. The Labute approximate surface area is 56.9 Å². The minimum absolute atomic E-state index is 0.740. The molecule has 0 aliphatic carbocycles. The van der Waals surface area contributed by atoms with E-state index >= 15 is 0 Å². The fraction of sp³-hybridized carbons (Fsp3) is 0.667. The van der Waals surface area contributed by atoms with Crippen LogP contribution in [0.5, 0.6) is 0 Å². The zero-order chi connectivity index (χ0) is 6.69. The SMILES string of the molecule is BN1CCOCC(=C)C1. The molecule has 1 rings (SSSR count). The Hall–Kier alpha value is -0.275. The Bertz CT molecular complexity index is 116. The van der Waals surface area contributed by atoms with Crippen LogP contribution in [0.25, 0.3) is 0 Å². The van der Waals surface area contributed by atoms with Gasteiger partial charge in [-0.25, -0.2) is 0 Å². The molecule has 1 aliphatic rings. The minimum Gasteiger partial charge on any atom is -0.376 e. The van der Waals surface area contributed by atoms with Crippen LogP contribution in [0.1, 0.15) is 0 Å². The van der Waals surface area contributed by atoms with Gasteiger partial charge in [-0.1, -0.05) is 6.58 Å². The first-order valence-electron chi connectivity index (χ1n) is 3.22. The van der Waals surface area contributed by atoms with E-state index < -0.39 is 0 Å². The summed E-state index contributed by atoms with van der Waals surface area (Å²) in [5, 5.41) is 0. The van der Waals surface area contributed by atoms with E-state index in [1.807, 2.05) is 0 Å². The van der Waals surface area contributed by atoms with Crippen molar-refractivity contribution in [2.24, 2.45) is 0 Å². The first-order valence-corrected chi connectivity index (χ1v) is 3.22. The molecule has 0 N–H and O–H groups in total. The zero-order valence-electron chi connectivity index (χ0n) is 5.89. The third kappa shape index (κ3) is 2.20. The van der Waals surface area contributed by atoms with Crippen LogP contribution in [-0.2, 0) is 4.74 Å². The Kier molecular flexibility index (Phi) is 2.31. The summed E-state index contributed by atoms with van der Waals surface area (Å²) in [5.41, 5.74) is 1.18. The number of nitrogens with zero attached hydrogens (tertiary/aromatic N) is 1. The standard InChI is InChI=1S/C6H12BNO/c1-6-4-8(7)2-3-9-5-6/h1-5,7H2. The van der Waals surface area contributed by atoms with Crippen molar-refractivity contribution in [1.29, 1.82) is 0 Å². The average Bonchev–Trinajstić information content (AvgIpc) is 1.93. The molecule has 1 fully saturated rings. The highest BCUT2D eigenvalue weighted by atomic mass is 16.5. The molecule has 3 heteroatoms. The number of hydrogen-bond acceptors (Lipinski definition) is 2. The minimum atomic E-state index is 0.740. The van der Waals surface area contributed by atoms with Gasteiger partial charge in [0.2, 0.25) is 0 Å². The third-order valence-electron chi connectivity index (χ3n) is 1.42. The highest BCUT2D eigenvalue weighted by molar-refractivity contribution is 6.04. The van der Waals surface area contributed by atoms with Crippen molar-refractivity contribution in [3.05, 3.63) is 12.2 Å². The first-order chi connectivity index (χ1) is 4.29. The second-order valence-corrected chi connectivity index (χ2v) is 2.54. The summed E-state index contributed by atoms with van der Waals surface area (Å²) < 4.78 is 5.24. The van der Waals surface area contributed by atoms with Crippen molar-refractivity contribution in [2.45, 2.75) is 0 Å². The third-order valence-corrected chi connectivity index (χ3v) is 1.42. The van der Waals surface area contributed by atoms with Gasteiger partial charge in [0.25, 0.3) is 0 Å². The predicted molar refractivity (Wildman–Crippen MR) is 40.1 cm³/mol. The van der Waals surface area contributed by atoms with E-state index in [0.717, 1.165) is 26.3 Å². The zero-order valence-corrected chi connectivity index (χ0v) is 5.89. The summed E-state index contributed by atoms with van der Waals surface area (Å²) in [6, 6.07) is 0. The van der Waals surface area contributed by atoms with E-state index in [0.29, 0.717) is 0 Å². The molecule has 0 atom stereocenters. The highest BCUT2D eigenvalue weighted by Gasteiger charge is 2.05. The molecule has 0 bridgehead atoms. The molecule has 0 unspecified atom stereocenters. The van der Waals surface area contributed by atoms with Crippen LogP contribution in [0.15, 0.2) is 12.2 Å². The summed E-state index contributed by atoms with van der Waals surface area (Å²) in [7, 11) is 2.08. The van der Waals surface area contributed by atoms with E-state index in [4.69, 9.17) is 4.74 Å². The Morgan fingerprint density at radius 2 is 2.44 bits per heavy atom. The van der Waals surface area contributed by atoms with Crippen molar-refractivity contribution in [3.8, 4) is 0 Å². The van der Waals surface area contributed by atoms with Gasteiger partial charge in [-0.15, -0.1) is 0 Å². The summed E-state index contributed by atoms with van der Waals surface area (Å²) in [6.45, 7) is 7.45. The Morgan fingerprint density at radius 3 is 3.22 bits per heavy atom. The Balaban J connectivity index is 2.37. The molecule has 0 radical (unpaired) electrons. The van der Waals surface area contributed by atoms with Gasteiger partial charge in [0.05, 0.1) is 13.2 Å². The number of hydrogen-bond donors (Lipinski definition) is 0. The van der Waals surface area contributed by atoms with Crippen LogP contribution in [-0.4, -0.2) is 39.1 Å². The number of rotatable bonds is 0. The normalized spacial score (nSPS) is 23.8. The lowest BCUT2D eigenvalue weighted by molar-refractivity contribution is 0.163. The molecule has 1 aliphatic heterocycles. The van der Waals surface area contributed by atoms with Crippen molar-refractivity contribution < 1.29 is 4.74 Å². The van der Waals surface area contributed by atoms with E-state index in [2.05, 4.69) is 19.4 Å². The molecule has 9 heavy (non-hydrogen) atoms. The second-order valence-electron chi connectivity index (χ2n) is 2.54. The molecule has 2 nitrogen and oxygen atoms in total. The average molecular weight is 125 g/mol. The molecule has 0 spiro atoms. The van der Waals surface area contributed by atoms with Gasteiger partial charge in [0, 0.05) is 13.1 Å². The lowest BCUT2D eigenvalue weighted by Crippen LogP contribution is -2.23. The van der Waals surface area contributed by atoms with Crippen molar-refractivity contribution >= 4 is 7.98 Å². The molecule has 0 saturated carbocycles. The lowest BCUT2D eigenvalue weighted by atomic mass is 10.2. The van der Waals surface area contributed by atoms with Gasteiger partial charge >= 0.3 is 0 Å². The van der Waals surface area contributed by atoms with E-state index in [9.17, 15) is 0 Å². The van der Waals surface area contributed by atoms with Gasteiger partial charge in [-0.05, 0) is 5.57 Å². The van der Waals surface area contributed by atoms with E-state index in [-0.39, 0.29) is 0 Å². The first kappa shape index (κ1) is 6.84. The fourth-order valence-corrected chi connectivity index (χ4v) is 0.943. The smallest absolute Gasteiger partial charge is 0.185 e. The molecule has 0 aromatic rings. The molecule has 1 heterocycles. The highest BCUT2D eigenvalue weighted by Crippen LogP contribution is 1.99. The molecular weight excluding hydrogens is 113 g/mol. The van der Waals surface area contributed by atoms with Crippen LogP contribution >= 0.6 is 0 Å². The van der Waals surface area contributed by atoms with Gasteiger partial charge in [0.15, 0.2) is 7.98 Å². The quantitative estimate of drug-likeness (QED) is 0.317.